The zero-order valence-corrected chi connectivity index (χ0v) is 6.61. The van der Waals surface area contributed by atoms with Crippen LogP contribution in [0.4, 0.5) is 0 Å². The maximum absolute atomic E-state index is 10.8. The van der Waals surface area contributed by atoms with E-state index in [9.17, 15) is 4.79 Å². The second-order valence-electron chi connectivity index (χ2n) is 2.66. The Morgan fingerprint density at radius 2 is 2.31 bits per heavy atom. The number of amides is 1. The molecule has 0 aliphatic carbocycles. The number of benzene rings is 1. The molecule has 0 unspecified atom stereocenters. The number of hydrogen-bond acceptors (Lipinski definition) is 3. The van der Waals surface area contributed by atoms with Gasteiger partial charge in [-0.05, 0) is 18.2 Å². The fourth-order valence-electron chi connectivity index (χ4n) is 1.15. The first-order chi connectivity index (χ1) is 6.16. The Kier molecular flexibility index (Phi) is 1.45. The molecule has 0 spiro atoms. The number of aromatic nitrogens is 2. The van der Waals surface area contributed by atoms with Crippen LogP contribution in [0.15, 0.2) is 18.2 Å². The third-order valence-electron chi connectivity index (χ3n) is 1.75. The molecule has 13 heavy (non-hydrogen) atoms. The number of primary amides is 1. The first-order valence-corrected chi connectivity index (χ1v) is 3.65. The van der Waals surface area contributed by atoms with Gasteiger partial charge in [0.05, 0.1) is 11.0 Å². The van der Waals surface area contributed by atoms with Crippen LogP contribution in [0.2, 0.25) is 0 Å². The van der Waals surface area contributed by atoms with Gasteiger partial charge in [-0.3, -0.25) is 4.79 Å². The quantitative estimate of drug-likeness (QED) is 0.587. The lowest BCUT2D eigenvalue weighted by Crippen LogP contribution is -2.10. The lowest BCUT2D eigenvalue weighted by atomic mass is 10.2. The zero-order chi connectivity index (χ0) is 9.42. The van der Waals surface area contributed by atoms with Gasteiger partial charge < -0.3 is 15.8 Å². The Hall–Kier alpha value is -2.04. The van der Waals surface area contributed by atoms with Crippen LogP contribution >= 0.6 is 0 Å². The highest BCUT2D eigenvalue weighted by molar-refractivity contribution is 5.96. The SMILES string of the molecule is NC(=O)c1ccc2nc(O)[nH]c2c1. The molecule has 1 amide bonds. The third-order valence-corrected chi connectivity index (χ3v) is 1.75. The summed E-state index contributed by atoms with van der Waals surface area (Å²) >= 11 is 0. The fraction of sp³-hybridized carbons (Fsp3) is 0. The van der Waals surface area contributed by atoms with Crippen LogP contribution in [0, 0.1) is 0 Å². The van der Waals surface area contributed by atoms with E-state index in [1.807, 2.05) is 0 Å². The van der Waals surface area contributed by atoms with E-state index in [0.29, 0.717) is 16.6 Å². The van der Waals surface area contributed by atoms with Crippen molar-refractivity contribution in [2.24, 2.45) is 5.73 Å². The Labute approximate surface area is 73.2 Å². The largest absolute Gasteiger partial charge is 0.480 e. The van der Waals surface area contributed by atoms with Crippen LogP contribution in [0.25, 0.3) is 11.0 Å². The Morgan fingerprint density at radius 3 is 3.00 bits per heavy atom. The van der Waals surface area contributed by atoms with Gasteiger partial charge in [-0.15, -0.1) is 0 Å². The monoisotopic (exact) mass is 177 g/mol. The Morgan fingerprint density at radius 1 is 1.54 bits per heavy atom. The number of carbonyl (C=O) groups is 1. The van der Waals surface area contributed by atoms with Crippen molar-refractivity contribution < 1.29 is 9.90 Å². The molecule has 5 nitrogen and oxygen atoms in total. The molecule has 2 aromatic rings. The Balaban J connectivity index is 2.67. The van der Waals surface area contributed by atoms with Crippen LogP contribution in [0.1, 0.15) is 10.4 Å². The molecule has 0 bridgehead atoms. The van der Waals surface area contributed by atoms with Crippen molar-refractivity contribution in [1.29, 1.82) is 0 Å². The summed E-state index contributed by atoms with van der Waals surface area (Å²) in [5.74, 6) is -0.504. The van der Waals surface area contributed by atoms with Crippen molar-refractivity contribution in [2.75, 3.05) is 0 Å². The van der Waals surface area contributed by atoms with Gasteiger partial charge in [0.2, 0.25) is 5.91 Å². The molecule has 0 radical (unpaired) electrons. The van der Waals surface area contributed by atoms with Gasteiger partial charge in [-0.1, -0.05) is 0 Å². The number of carbonyl (C=O) groups excluding carboxylic acids is 1. The minimum absolute atomic E-state index is 0.170. The van der Waals surface area contributed by atoms with Crippen LogP contribution < -0.4 is 5.73 Å². The van der Waals surface area contributed by atoms with Gasteiger partial charge in [-0.25, -0.2) is 0 Å². The molecular weight excluding hydrogens is 170 g/mol. The summed E-state index contributed by atoms with van der Waals surface area (Å²) in [7, 11) is 0. The highest BCUT2D eigenvalue weighted by Gasteiger charge is 2.04. The van der Waals surface area contributed by atoms with Crippen LogP contribution in [-0.4, -0.2) is 21.0 Å². The molecule has 5 heteroatoms. The van der Waals surface area contributed by atoms with Crippen molar-refractivity contribution in [3.8, 4) is 6.01 Å². The summed E-state index contributed by atoms with van der Waals surface area (Å²) in [6.45, 7) is 0. The highest BCUT2D eigenvalue weighted by Crippen LogP contribution is 2.15. The Bertz CT molecular complexity index is 475. The number of nitrogens with zero attached hydrogens (tertiary/aromatic N) is 1. The first kappa shape index (κ1) is 7.60. The molecule has 0 atom stereocenters. The summed E-state index contributed by atoms with van der Waals surface area (Å²) in [6.07, 6.45) is 0. The van der Waals surface area contributed by atoms with Gasteiger partial charge in [0.15, 0.2) is 0 Å². The highest BCUT2D eigenvalue weighted by atomic mass is 16.3. The zero-order valence-electron chi connectivity index (χ0n) is 6.61. The second-order valence-corrected chi connectivity index (χ2v) is 2.66. The number of imidazole rings is 1. The molecule has 0 saturated heterocycles. The molecule has 2 rings (SSSR count). The minimum Gasteiger partial charge on any atom is -0.480 e. The first-order valence-electron chi connectivity index (χ1n) is 3.65. The normalized spacial score (nSPS) is 10.5. The van der Waals surface area contributed by atoms with Crippen molar-refractivity contribution >= 4 is 16.9 Å². The molecule has 1 aromatic carbocycles. The lowest BCUT2D eigenvalue weighted by molar-refractivity contribution is 0.100. The van der Waals surface area contributed by atoms with E-state index < -0.39 is 5.91 Å². The molecule has 1 aromatic heterocycles. The standard InChI is InChI=1S/C8H7N3O2/c9-7(12)4-1-2-5-6(3-4)11-8(13)10-5/h1-3H,(H2,9,12)(H2,10,11,13). The number of nitrogens with one attached hydrogen (secondary N) is 1. The minimum atomic E-state index is -0.504. The van der Waals surface area contributed by atoms with E-state index in [2.05, 4.69) is 9.97 Å². The summed E-state index contributed by atoms with van der Waals surface area (Å²) in [5, 5.41) is 9.00. The van der Waals surface area contributed by atoms with Crippen LogP contribution in [0.5, 0.6) is 6.01 Å². The summed E-state index contributed by atoms with van der Waals surface area (Å²) < 4.78 is 0. The molecule has 0 saturated carbocycles. The van der Waals surface area contributed by atoms with E-state index in [0.717, 1.165) is 0 Å². The summed E-state index contributed by atoms with van der Waals surface area (Å²) in [6, 6.07) is 4.55. The smallest absolute Gasteiger partial charge is 0.292 e. The van der Waals surface area contributed by atoms with Gasteiger partial charge in [0.25, 0.3) is 6.01 Å². The van der Waals surface area contributed by atoms with E-state index >= 15 is 0 Å². The second kappa shape index (κ2) is 2.48. The number of fused-ring (bicyclic) bond motifs is 1. The van der Waals surface area contributed by atoms with Crippen molar-refractivity contribution in [3.05, 3.63) is 23.8 Å². The van der Waals surface area contributed by atoms with Crippen LogP contribution in [-0.2, 0) is 0 Å². The number of aromatic amines is 1. The predicted molar refractivity (Wildman–Crippen MR) is 46.3 cm³/mol. The average Bonchev–Trinajstić information content (AvgIpc) is 2.42. The molecule has 4 N–H and O–H groups in total. The van der Waals surface area contributed by atoms with Gasteiger partial charge in [0, 0.05) is 5.56 Å². The van der Waals surface area contributed by atoms with E-state index in [4.69, 9.17) is 10.8 Å². The molecule has 0 fully saturated rings. The van der Waals surface area contributed by atoms with E-state index in [-0.39, 0.29) is 6.01 Å². The van der Waals surface area contributed by atoms with E-state index in [1.165, 1.54) is 0 Å². The number of rotatable bonds is 1. The maximum atomic E-state index is 10.8. The maximum Gasteiger partial charge on any atom is 0.292 e. The molecule has 0 aliphatic heterocycles. The van der Waals surface area contributed by atoms with Crippen LogP contribution in [0.3, 0.4) is 0 Å². The average molecular weight is 177 g/mol. The molecule has 1 heterocycles. The number of aromatic hydroxyl groups is 1. The van der Waals surface area contributed by atoms with Crippen molar-refractivity contribution in [1.82, 2.24) is 9.97 Å². The summed E-state index contributed by atoms with van der Waals surface area (Å²) in [4.78, 5) is 17.1. The number of H-pyrrole nitrogens is 1. The van der Waals surface area contributed by atoms with Crippen molar-refractivity contribution in [3.63, 3.8) is 0 Å². The van der Waals surface area contributed by atoms with Gasteiger partial charge in [0.1, 0.15) is 0 Å². The topological polar surface area (TPSA) is 92.0 Å². The molecule has 66 valence electrons. The fourth-order valence-corrected chi connectivity index (χ4v) is 1.15. The predicted octanol–water partition coefficient (Wildman–Crippen LogP) is 0.367. The number of hydrogen-bond donors (Lipinski definition) is 3. The van der Waals surface area contributed by atoms with Gasteiger partial charge in [-0.2, -0.15) is 4.98 Å². The molecule has 0 aliphatic rings. The van der Waals surface area contributed by atoms with Gasteiger partial charge >= 0.3 is 0 Å². The van der Waals surface area contributed by atoms with E-state index in [1.54, 1.807) is 18.2 Å². The lowest BCUT2D eigenvalue weighted by Gasteiger charge is -1.93. The molecular formula is C8H7N3O2. The summed E-state index contributed by atoms with van der Waals surface area (Å²) in [5.41, 5.74) is 6.65. The van der Waals surface area contributed by atoms with Crippen molar-refractivity contribution in [2.45, 2.75) is 0 Å². The third kappa shape index (κ3) is 1.20. The number of nitrogens with two attached hydrogens (primary N) is 1.